The highest BCUT2D eigenvalue weighted by molar-refractivity contribution is 7.98. The zero-order valence-electron chi connectivity index (χ0n) is 8.39. The van der Waals surface area contributed by atoms with Gasteiger partial charge in [-0.15, -0.1) is 0 Å². The van der Waals surface area contributed by atoms with Crippen LogP contribution in [0.5, 0.6) is 0 Å². The number of rotatable bonds is 4. The predicted molar refractivity (Wildman–Crippen MR) is 55.2 cm³/mol. The van der Waals surface area contributed by atoms with Crippen molar-refractivity contribution in [3.8, 4) is 0 Å². The van der Waals surface area contributed by atoms with Crippen LogP contribution in [0.1, 0.15) is 27.9 Å². The van der Waals surface area contributed by atoms with E-state index >= 15 is 0 Å². The second kappa shape index (κ2) is 5.45. The zero-order valence-corrected chi connectivity index (χ0v) is 9.21. The van der Waals surface area contributed by atoms with Gasteiger partial charge in [0.1, 0.15) is 5.69 Å². The van der Waals surface area contributed by atoms with Crippen LogP contribution in [-0.4, -0.2) is 35.1 Å². The second-order valence-electron chi connectivity index (χ2n) is 2.50. The summed E-state index contributed by atoms with van der Waals surface area (Å²) in [5.74, 6) is -0.543. The highest BCUT2D eigenvalue weighted by Gasteiger charge is 2.11. The average molecular weight is 226 g/mol. The van der Waals surface area contributed by atoms with Gasteiger partial charge in [-0.25, -0.2) is 14.8 Å². The van der Waals surface area contributed by atoms with Crippen LogP contribution in [0.4, 0.5) is 0 Å². The lowest BCUT2D eigenvalue weighted by molar-refractivity contribution is 0.0518. The maximum absolute atomic E-state index is 11.3. The van der Waals surface area contributed by atoms with Gasteiger partial charge in [-0.1, -0.05) is 11.8 Å². The summed E-state index contributed by atoms with van der Waals surface area (Å²) in [6.45, 7) is 1.98. The molecule has 0 fully saturated rings. The average Bonchev–Trinajstić information content (AvgIpc) is 2.28. The number of nitrogens with zero attached hydrogens (tertiary/aromatic N) is 2. The molecule has 1 heterocycles. The van der Waals surface area contributed by atoms with Gasteiger partial charge in [0.2, 0.25) is 0 Å². The topological polar surface area (TPSA) is 69.2 Å². The predicted octanol–water partition coefficient (Wildman–Crippen LogP) is 1.19. The molecular formula is C9H10N2O3S. The van der Waals surface area contributed by atoms with E-state index in [2.05, 4.69) is 9.97 Å². The molecular weight excluding hydrogens is 216 g/mol. The number of aromatic nitrogens is 2. The molecule has 0 N–H and O–H groups in total. The van der Waals surface area contributed by atoms with E-state index in [1.54, 1.807) is 13.2 Å². The van der Waals surface area contributed by atoms with Gasteiger partial charge < -0.3 is 4.74 Å². The lowest BCUT2D eigenvalue weighted by atomic mass is 10.3. The number of ether oxygens (including phenoxy) is 1. The molecule has 0 saturated heterocycles. The Bertz CT molecular complexity index is 382. The van der Waals surface area contributed by atoms with E-state index in [9.17, 15) is 9.59 Å². The summed E-state index contributed by atoms with van der Waals surface area (Å²) in [5.41, 5.74) is 0.288. The highest BCUT2D eigenvalue weighted by atomic mass is 32.2. The van der Waals surface area contributed by atoms with Crippen molar-refractivity contribution in [1.29, 1.82) is 0 Å². The van der Waals surface area contributed by atoms with Crippen molar-refractivity contribution < 1.29 is 14.3 Å². The molecule has 1 rings (SSSR count). The molecule has 1 aromatic rings. The number of aldehydes is 1. The van der Waals surface area contributed by atoms with Gasteiger partial charge in [-0.3, -0.25) is 4.79 Å². The zero-order chi connectivity index (χ0) is 11.3. The minimum Gasteiger partial charge on any atom is -0.461 e. The third kappa shape index (κ3) is 3.02. The third-order valence-electron chi connectivity index (χ3n) is 1.51. The number of hydrogen-bond acceptors (Lipinski definition) is 6. The van der Waals surface area contributed by atoms with Crippen molar-refractivity contribution >= 4 is 24.0 Å². The summed E-state index contributed by atoms with van der Waals surface area (Å²) in [6, 6.07) is 1.31. The first-order valence-corrected chi connectivity index (χ1v) is 5.49. The van der Waals surface area contributed by atoms with E-state index in [1.165, 1.54) is 17.8 Å². The fourth-order valence-corrected chi connectivity index (χ4v) is 1.29. The van der Waals surface area contributed by atoms with Crippen molar-refractivity contribution in [2.45, 2.75) is 12.1 Å². The van der Waals surface area contributed by atoms with Crippen molar-refractivity contribution in [3.63, 3.8) is 0 Å². The molecule has 0 amide bonds. The first-order valence-electron chi connectivity index (χ1n) is 4.26. The molecule has 5 nitrogen and oxygen atoms in total. The molecule has 0 atom stereocenters. The Morgan fingerprint density at radius 1 is 1.60 bits per heavy atom. The van der Waals surface area contributed by atoms with E-state index in [0.717, 1.165) is 0 Å². The molecule has 0 unspecified atom stereocenters. The molecule has 0 radical (unpaired) electrons. The van der Waals surface area contributed by atoms with Crippen molar-refractivity contribution in [3.05, 3.63) is 17.5 Å². The minimum absolute atomic E-state index is 0.110. The molecule has 6 heteroatoms. The van der Waals surface area contributed by atoms with E-state index in [1.807, 2.05) is 0 Å². The van der Waals surface area contributed by atoms with Gasteiger partial charge in [0.05, 0.1) is 6.61 Å². The van der Waals surface area contributed by atoms with Gasteiger partial charge in [0.25, 0.3) is 0 Å². The van der Waals surface area contributed by atoms with Crippen LogP contribution in [0.25, 0.3) is 0 Å². The normalized spacial score (nSPS) is 9.73. The SMILES string of the molecule is CCOC(=O)c1cc(C=O)nc(SC)n1. The van der Waals surface area contributed by atoms with Crippen LogP contribution in [0.2, 0.25) is 0 Å². The summed E-state index contributed by atoms with van der Waals surface area (Å²) < 4.78 is 4.77. The third-order valence-corrected chi connectivity index (χ3v) is 2.06. The van der Waals surface area contributed by atoms with Crippen molar-refractivity contribution in [2.75, 3.05) is 12.9 Å². The second-order valence-corrected chi connectivity index (χ2v) is 3.28. The summed E-state index contributed by atoms with van der Waals surface area (Å²) in [4.78, 5) is 29.7. The number of thioether (sulfide) groups is 1. The van der Waals surface area contributed by atoms with Gasteiger partial charge in [-0.05, 0) is 13.2 Å². The van der Waals surface area contributed by atoms with Crippen LogP contribution in [0, 0.1) is 0 Å². The fraction of sp³-hybridized carbons (Fsp3) is 0.333. The molecule has 0 aliphatic rings. The molecule has 0 aliphatic carbocycles. The number of hydrogen-bond donors (Lipinski definition) is 0. The summed E-state index contributed by atoms with van der Waals surface area (Å²) in [6.07, 6.45) is 2.34. The molecule has 0 aliphatic heterocycles. The Hall–Kier alpha value is -1.43. The quantitative estimate of drug-likeness (QED) is 0.332. The summed E-state index contributed by atoms with van der Waals surface area (Å²) >= 11 is 1.26. The lowest BCUT2D eigenvalue weighted by Crippen LogP contribution is -2.09. The van der Waals surface area contributed by atoms with Crippen molar-refractivity contribution in [1.82, 2.24) is 9.97 Å². The summed E-state index contributed by atoms with van der Waals surface area (Å²) in [7, 11) is 0. The van der Waals surface area contributed by atoms with Crippen molar-refractivity contribution in [2.24, 2.45) is 0 Å². The number of esters is 1. The molecule has 0 aromatic carbocycles. The van der Waals surface area contributed by atoms with Gasteiger partial charge in [0.15, 0.2) is 17.1 Å². The Morgan fingerprint density at radius 3 is 2.87 bits per heavy atom. The maximum Gasteiger partial charge on any atom is 0.357 e. The van der Waals surface area contributed by atoms with Gasteiger partial charge in [-0.2, -0.15) is 0 Å². The molecule has 1 aromatic heterocycles. The molecule has 80 valence electrons. The van der Waals surface area contributed by atoms with Crippen LogP contribution >= 0.6 is 11.8 Å². The largest absolute Gasteiger partial charge is 0.461 e. The molecule has 0 spiro atoms. The lowest BCUT2D eigenvalue weighted by Gasteiger charge is -2.02. The smallest absolute Gasteiger partial charge is 0.357 e. The van der Waals surface area contributed by atoms with Gasteiger partial charge in [0, 0.05) is 6.07 Å². The highest BCUT2D eigenvalue weighted by Crippen LogP contribution is 2.10. The van der Waals surface area contributed by atoms with Gasteiger partial charge >= 0.3 is 5.97 Å². The number of carbonyl (C=O) groups excluding carboxylic acids is 2. The van der Waals surface area contributed by atoms with E-state index in [4.69, 9.17) is 4.74 Å². The minimum atomic E-state index is -0.543. The fourth-order valence-electron chi connectivity index (χ4n) is 0.904. The van der Waals surface area contributed by atoms with E-state index in [0.29, 0.717) is 11.4 Å². The Balaban J connectivity index is 3.06. The monoisotopic (exact) mass is 226 g/mol. The van der Waals surface area contributed by atoms with Crippen LogP contribution in [0.3, 0.4) is 0 Å². The van der Waals surface area contributed by atoms with E-state index < -0.39 is 5.97 Å². The van der Waals surface area contributed by atoms with E-state index in [-0.39, 0.29) is 18.0 Å². The standard InChI is InChI=1S/C9H10N2O3S/c1-3-14-8(13)7-4-6(5-12)10-9(11-7)15-2/h4-5H,3H2,1-2H3. The first kappa shape index (κ1) is 11.6. The number of carbonyl (C=O) groups is 2. The Morgan fingerprint density at radius 2 is 2.33 bits per heavy atom. The molecule has 0 bridgehead atoms. The Labute approximate surface area is 91.3 Å². The first-order chi connectivity index (χ1) is 7.21. The van der Waals surface area contributed by atoms with Crippen LogP contribution in [-0.2, 0) is 4.74 Å². The van der Waals surface area contributed by atoms with Crippen LogP contribution in [0.15, 0.2) is 11.2 Å². The van der Waals surface area contributed by atoms with Crippen LogP contribution < -0.4 is 0 Å². The summed E-state index contributed by atoms with van der Waals surface area (Å²) in [5, 5.41) is 0.377. The Kier molecular flexibility index (Phi) is 4.23. The molecule has 0 saturated carbocycles. The maximum atomic E-state index is 11.3. The molecule has 15 heavy (non-hydrogen) atoms.